The maximum atomic E-state index is 11.2. The highest BCUT2D eigenvalue weighted by molar-refractivity contribution is 5.93. The first-order valence-electron chi connectivity index (χ1n) is 6.54. The Morgan fingerprint density at radius 1 is 1.20 bits per heavy atom. The van der Waals surface area contributed by atoms with Gasteiger partial charge in [0.1, 0.15) is 11.4 Å². The number of likely N-dealkylation sites (N-methyl/N-ethyl adjacent to an activating group) is 1. The van der Waals surface area contributed by atoms with Crippen LogP contribution < -0.4 is 4.90 Å². The second-order valence-corrected chi connectivity index (χ2v) is 4.79. The molecular formula is C16H18N2O2. The van der Waals surface area contributed by atoms with Gasteiger partial charge >= 0.3 is 5.97 Å². The summed E-state index contributed by atoms with van der Waals surface area (Å²) >= 11 is 0. The summed E-state index contributed by atoms with van der Waals surface area (Å²) < 4.78 is 0. The van der Waals surface area contributed by atoms with Crippen LogP contribution in [0.25, 0.3) is 0 Å². The van der Waals surface area contributed by atoms with Gasteiger partial charge in [-0.25, -0.2) is 9.78 Å². The van der Waals surface area contributed by atoms with E-state index in [4.69, 9.17) is 0 Å². The summed E-state index contributed by atoms with van der Waals surface area (Å²) in [6.45, 7) is 2.58. The average Bonchev–Trinajstić information content (AvgIpc) is 2.45. The summed E-state index contributed by atoms with van der Waals surface area (Å²) in [7, 11) is 1.87. The fraction of sp³-hybridized carbons (Fsp3) is 0.250. The maximum Gasteiger partial charge on any atom is 0.339 e. The van der Waals surface area contributed by atoms with Crippen molar-refractivity contribution in [2.45, 2.75) is 13.3 Å². The van der Waals surface area contributed by atoms with Crippen molar-refractivity contribution >= 4 is 11.8 Å². The Morgan fingerprint density at radius 3 is 2.55 bits per heavy atom. The van der Waals surface area contributed by atoms with Crippen LogP contribution in [-0.2, 0) is 6.42 Å². The first kappa shape index (κ1) is 14.1. The predicted octanol–water partition coefficient (Wildman–Crippen LogP) is 2.77. The van der Waals surface area contributed by atoms with E-state index in [1.165, 1.54) is 5.56 Å². The Morgan fingerprint density at radius 2 is 1.90 bits per heavy atom. The quantitative estimate of drug-likeness (QED) is 0.907. The highest BCUT2D eigenvalue weighted by Crippen LogP contribution is 2.18. The SMILES string of the molecule is Cc1ccc(C(=O)O)c(N(C)CCc2ccccc2)n1. The molecule has 0 aliphatic heterocycles. The Kier molecular flexibility index (Phi) is 4.35. The van der Waals surface area contributed by atoms with Crippen molar-refractivity contribution in [3.05, 3.63) is 59.3 Å². The normalized spacial score (nSPS) is 10.3. The molecule has 0 fully saturated rings. The minimum Gasteiger partial charge on any atom is -0.478 e. The number of nitrogens with zero attached hydrogens (tertiary/aromatic N) is 2. The zero-order chi connectivity index (χ0) is 14.5. The third-order valence-electron chi connectivity index (χ3n) is 3.19. The Bertz CT molecular complexity index is 597. The van der Waals surface area contributed by atoms with Gasteiger partial charge in [-0.05, 0) is 31.0 Å². The van der Waals surface area contributed by atoms with Gasteiger partial charge in [0.25, 0.3) is 0 Å². The van der Waals surface area contributed by atoms with Crippen molar-refractivity contribution in [3.8, 4) is 0 Å². The Labute approximate surface area is 118 Å². The van der Waals surface area contributed by atoms with Crippen LogP contribution in [0.4, 0.5) is 5.82 Å². The number of aromatic carboxylic acids is 1. The van der Waals surface area contributed by atoms with Gasteiger partial charge < -0.3 is 10.0 Å². The van der Waals surface area contributed by atoms with Crippen molar-refractivity contribution < 1.29 is 9.90 Å². The lowest BCUT2D eigenvalue weighted by Crippen LogP contribution is -2.24. The molecule has 104 valence electrons. The van der Waals surface area contributed by atoms with Crippen LogP contribution in [0.1, 0.15) is 21.6 Å². The van der Waals surface area contributed by atoms with E-state index in [0.717, 1.165) is 18.7 Å². The third-order valence-corrected chi connectivity index (χ3v) is 3.19. The predicted molar refractivity (Wildman–Crippen MR) is 79.3 cm³/mol. The number of hydrogen-bond acceptors (Lipinski definition) is 3. The molecule has 4 heteroatoms. The van der Waals surface area contributed by atoms with Crippen molar-refractivity contribution in [1.29, 1.82) is 0 Å². The minimum absolute atomic E-state index is 0.242. The molecule has 0 aliphatic rings. The van der Waals surface area contributed by atoms with Gasteiger partial charge in [0.2, 0.25) is 0 Å². The topological polar surface area (TPSA) is 53.4 Å². The molecule has 4 nitrogen and oxygen atoms in total. The second-order valence-electron chi connectivity index (χ2n) is 4.79. The summed E-state index contributed by atoms with van der Waals surface area (Å²) in [5.41, 5.74) is 2.28. The van der Waals surface area contributed by atoms with Crippen LogP contribution in [0, 0.1) is 6.92 Å². The van der Waals surface area contributed by atoms with Crippen LogP contribution in [0.3, 0.4) is 0 Å². The highest BCUT2D eigenvalue weighted by Gasteiger charge is 2.15. The van der Waals surface area contributed by atoms with E-state index in [2.05, 4.69) is 17.1 Å². The van der Waals surface area contributed by atoms with E-state index < -0.39 is 5.97 Å². The number of aromatic nitrogens is 1. The molecule has 0 aliphatic carbocycles. The standard InChI is InChI=1S/C16H18N2O2/c1-12-8-9-14(16(19)20)15(17-12)18(2)11-10-13-6-4-3-5-7-13/h3-9H,10-11H2,1-2H3,(H,19,20). The Hall–Kier alpha value is -2.36. The molecule has 0 atom stereocenters. The fourth-order valence-electron chi connectivity index (χ4n) is 2.05. The molecule has 0 amide bonds. The molecule has 2 rings (SSSR count). The average molecular weight is 270 g/mol. The lowest BCUT2D eigenvalue weighted by molar-refractivity contribution is 0.0697. The molecule has 1 aromatic carbocycles. The van der Waals surface area contributed by atoms with Crippen LogP contribution >= 0.6 is 0 Å². The third kappa shape index (κ3) is 3.35. The number of aryl methyl sites for hydroxylation is 1. The van der Waals surface area contributed by atoms with E-state index in [9.17, 15) is 9.90 Å². The molecule has 1 heterocycles. The zero-order valence-electron chi connectivity index (χ0n) is 11.7. The highest BCUT2D eigenvalue weighted by atomic mass is 16.4. The molecule has 0 bridgehead atoms. The monoisotopic (exact) mass is 270 g/mol. The number of carboxylic acids is 1. The lowest BCUT2D eigenvalue weighted by atomic mass is 10.1. The number of benzene rings is 1. The number of rotatable bonds is 5. The van der Waals surface area contributed by atoms with Crippen molar-refractivity contribution in [2.75, 3.05) is 18.5 Å². The van der Waals surface area contributed by atoms with E-state index in [-0.39, 0.29) is 5.56 Å². The number of pyridine rings is 1. The van der Waals surface area contributed by atoms with Gasteiger partial charge in [-0.1, -0.05) is 30.3 Å². The van der Waals surface area contributed by atoms with Gasteiger partial charge in [-0.3, -0.25) is 0 Å². The van der Waals surface area contributed by atoms with E-state index in [0.29, 0.717) is 5.82 Å². The van der Waals surface area contributed by atoms with Crippen LogP contribution in [0.15, 0.2) is 42.5 Å². The molecule has 0 unspecified atom stereocenters. The molecule has 2 aromatic rings. The summed E-state index contributed by atoms with van der Waals surface area (Å²) in [5.74, 6) is -0.424. The summed E-state index contributed by atoms with van der Waals surface area (Å²) in [5, 5.41) is 9.22. The smallest absolute Gasteiger partial charge is 0.339 e. The van der Waals surface area contributed by atoms with E-state index in [1.807, 2.05) is 37.1 Å². The van der Waals surface area contributed by atoms with Crippen LogP contribution in [0.2, 0.25) is 0 Å². The largest absolute Gasteiger partial charge is 0.478 e. The molecule has 20 heavy (non-hydrogen) atoms. The number of anilines is 1. The van der Waals surface area contributed by atoms with Crippen LogP contribution in [-0.4, -0.2) is 29.7 Å². The van der Waals surface area contributed by atoms with E-state index >= 15 is 0 Å². The molecule has 0 radical (unpaired) electrons. The van der Waals surface area contributed by atoms with E-state index in [1.54, 1.807) is 12.1 Å². The summed E-state index contributed by atoms with van der Waals surface area (Å²) in [6, 6.07) is 13.5. The van der Waals surface area contributed by atoms with Gasteiger partial charge in [0.05, 0.1) is 0 Å². The molecular weight excluding hydrogens is 252 g/mol. The Balaban J connectivity index is 2.14. The zero-order valence-corrected chi connectivity index (χ0v) is 11.7. The van der Waals surface area contributed by atoms with Gasteiger partial charge in [-0.15, -0.1) is 0 Å². The molecule has 0 saturated carbocycles. The van der Waals surface area contributed by atoms with Gasteiger partial charge in [-0.2, -0.15) is 0 Å². The van der Waals surface area contributed by atoms with Gasteiger partial charge in [0.15, 0.2) is 0 Å². The number of carbonyl (C=O) groups is 1. The lowest BCUT2D eigenvalue weighted by Gasteiger charge is -2.20. The fourth-order valence-corrected chi connectivity index (χ4v) is 2.05. The maximum absolute atomic E-state index is 11.2. The number of hydrogen-bond donors (Lipinski definition) is 1. The molecule has 0 saturated heterocycles. The minimum atomic E-state index is -0.945. The van der Waals surface area contributed by atoms with Crippen LogP contribution in [0.5, 0.6) is 0 Å². The van der Waals surface area contributed by atoms with Crippen molar-refractivity contribution in [2.24, 2.45) is 0 Å². The summed E-state index contributed by atoms with van der Waals surface area (Å²) in [6.07, 6.45) is 0.853. The first-order valence-corrected chi connectivity index (χ1v) is 6.54. The molecule has 1 aromatic heterocycles. The van der Waals surface area contributed by atoms with Crippen molar-refractivity contribution in [1.82, 2.24) is 4.98 Å². The first-order chi connectivity index (χ1) is 9.58. The number of carboxylic acid groups (broad SMARTS) is 1. The molecule has 1 N–H and O–H groups in total. The van der Waals surface area contributed by atoms with Gasteiger partial charge in [0, 0.05) is 19.3 Å². The second kappa shape index (κ2) is 6.19. The summed E-state index contributed by atoms with van der Waals surface area (Å²) in [4.78, 5) is 17.5. The molecule has 0 spiro atoms. The van der Waals surface area contributed by atoms with Crippen molar-refractivity contribution in [3.63, 3.8) is 0 Å².